The van der Waals surface area contributed by atoms with Crippen molar-refractivity contribution in [2.45, 2.75) is 18.4 Å². The van der Waals surface area contributed by atoms with Crippen molar-refractivity contribution < 1.29 is 17.9 Å². The summed E-state index contributed by atoms with van der Waals surface area (Å²) in [6.07, 6.45) is 0. The van der Waals surface area contributed by atoms with Crippen molar-refractivity contribution in [2.75, 3.05) is 10.0 Å². The summed E-state index contributed by atoms with van der Waals surface area (Å²) in [5.41, 5.74) is 3.94. The van der Waals surface area contributed by atoms with Gasteiger partial charge in [-0.15, -0.1) is 0 Å². The number of carbonyl (C=O) groups is 1. The van der Waals surface area contributed by atoms with Gasteiger partial charge in [0.05, 0.1) is 15.1 Å². The molecule has 5 aromatic carbocycles. The predicted octanol–water partition coefficient (Wildman–Crippen LogP) is 7.39. The zero-order valence-corrected chi connectivity index (χ0v) is 23.6. The summed E-state index contributed by atoms with van der Waals surface area (Å²) in [7, 11) is -3.84. The van der Waals surface area contributed by atoms with Gasteiger partial charge in [-0.1, -0.05) is 71.5 Å². The van der Waals surface area contributed by atoms with Gasteiger partial charge in [0.2, 0.25) is 0 Å². The summed E-state index contributed by atoms with van der Waals surface area (Å²) in [6.45, 7) is 2.50. The molecule has 0 saturated carbocycles. The van der Waals surface area contributed by atoms with Gasteiger partial charge in [0.1, 0.15) is 12.4 Å². The molecular formula is C32H25N3O4S2. The van der Waals surface area contributed by atoms with Crippen LogP contribution >= 0.6 is 11.3 Å². The molecular weight excluding hydrogens is 555 g/mol. The number of fused-ring (bicyclic) bond motifs is 2. The number of amides is 1. The minimum absolute atomic E-state index is 0.155. The molecule has 0 radical (unpaired) electrons. The van der Waals surface area contributed by atoms with E-state index in [1.165, 1.54) is 16.9 Å². The van der Waals surface area contributed by atoms with Crippen molar-refractivity contribution in [1.29, 1.82) is 0 Å². The number of hydrogen-bond acceptors (Lipinski definition) is 6. The van der Waals surface area contributed by atoms with E-state index in [-0.39, 0.29) is 15.9 Å². The lowest BCUT2D eigenvalue weighted by molar-refractivity contribution is 0.102. The maximum Gasteiger partial charge on any atom is 0.263 e. The Balaban J connectivity index is 1.11. The minimum Gasteiger partial charge on any atom is -0.489 e. The topological polar surface area (TPSA) is 97.4 Å². The molecule has 6 rings (SSSR count). The van der Waals surface area contributed by atoms with Gasteiger partial charge in [0.25, 0.3) is 15.9 Å². The van der Waals surface area contributed by atoms with Crippen LogP contribution < -0.4 is 14.8 Å². The summed E-state index contributed by atoms with van der Waals surface area (Å²) >= 11 is 1.17. The normalized spacial score (nSPS) is 11.4. The first kappa shape index (κ1) is 26.5. The highest BCUT2D eigenvalue weighted by molar-refractivity contribution is 7.93. The fourth-order valence-electron chi connectivity index (χ4n) is 4.31. The average molecular weight is 580 g/mol. The summed E-state index contributed by atoms with van der Waals surface area (Å²) in [5, 5.41) is 4.91. The Morgan fingerprint density at radius 2 is 1.61 bits per heavy atom. The molecule has 1 amide bonds. The number of benzene rings is 5. The Bertz CT molecular complexity index is 1980. The molecule has 0 spiro atoms. The fourth-order valence-corrected chi connectivity index (χ4v) is 6.48. The van der Waals surface area contributed by atoms with Crippen LogP contribution in [0.3, 0.4) is 0 Å². The van der Waals surface area contributed by atoms with Crippen LogP contribution in [0.2, 0.25) is 0 Å². The smallest absolute Gasteiger partial charge is 0.263 e. The minimum atomic E-state index is -3.84. The van der Waals surface area contributed by atoms with E-state index in [0.29, 0.717) is 33.8 Å². The number of sulfonamides is 1. The third kappa shape index (κ3) is 6.06. The van der Waals surface area contributed by atoms with Crippen molar-refractivity contribution in [2.24, 2.45) is 0 Å². The monoisotopic (exact) mass is 579 g/mol. The Morgan fingerprint density at radius 1 is 0.854 bits per heavy atom. The van der Waals surface area contributed by atoms with Gasteiger partial charge in [0.15, 0.2) is 5.13 Å². The van der Waals surface area contributed by atoms with E-state index >= 15 is 0 Å². The molecule has 0 fully saturated rings. The molecule has 204 valence electrons. The zero-order chi connectivity index (χ0) is 28.4. The van der Waals surface area contributed by atoms with E-state index in [2.05, 4.69) is 15.0 Å². The van der Waals surface area contributed by atoms with Gasteiger partial charge >= 0.3 is 0 Å². The predicted molar refractivity (Wildman–Crippen MR) is 164 cm³/mol. The second-order valence-electron chi connectivity index (χ2n) is 9.57. The molecule has 0 aliphatic carbocycles. The highest BCUT2D eigenvalue weighted by Gasteiger charge is 2.18. The molecule has 0 unspecified atom stereocenters. The second-order valence-corrected chi connectivity index (χ2v) is 12.3. The molecule has 1 aromatic heterocycles. The lowest BCUT2D eigenvalue weighted by Gasteiger charge is -2.09. The Morgan fingerprint density at radius 3 is 2.39 bits per heavy atom. The van der Waals surface area contributed by atoms with Crippen molar-refractivity contribution in [3.8, 4) is 5.75 Å². The van der Waals surface area contributed by atoms with Crippen LogP contribution in [-0.2, 0) is 16.6 Å². The molecule has 0 atom stereocenters. The van der Waals surface area contributed by atoms with Crippen molar-refractivity contribution in [3.63, 3.8) is 0 Å². The standard InChI is InChI=1S/C32H25N3O4S2/c1-21-6-8-22(9-7-21)20-39-27-14-12-26(13-15-27)33-31(36)25-11-17-29-30(19-25)40-32(34-29)35-41(37,38)28-16-10-23-4-2-3-5-24(23)18-28/h2-19H,20H2,1H3,(H,33,36)(H,34,35). The molecule has 1 heterocycles. The van der Waals surface area contributed by atoms with E-state index in [4.69, 9.17) is 4.74 Å². The number of nitrogens with one attached hydrogen (secondary N) is 2. The first-order chi connectivity index (χ1) is 19.8. The molecule has 0 aliphatic heterocycles. The zero-order valence-electron chi connectivity index (χ0n) is 22.0. The van der Waals surface area contributed by atoms with Crippen LogP contribution in [-0.4, -0.2) is 19.3 Å². The van der Waals surface area contributed by atoms with Crippen LogP contribution in [0.25, 0.3) is 21.0 Å². The van der Waals surface area contributed by atoms with Crippen molar-refractivity contribution in [1.82, 2.24) is 4.98 Å². The number of hydrogen-bond donors (Lipinski definition) is 2. The lowest BCUT2D eigenvalue weighted by Crippen LogP contribution is -2.12. The summed E-state index contributed by atoms with van der Waals surface area (Å²) < 4.78 is 35.2. The molecule has 9 heteroatoms. The number of anilines is 2. The van der Waals surface area contributed by atoms with E-state index in [9.17, 15) is 13.2 Å². The molecule has 7 nitrogen and oxygen atoms in total. The van der Waals surface area contributed by atoms with Crippen molar-refractivity contribution in [3.05, 3.63) is 126 Å². The highest BCUT2D eigenvalue weighted by Crippen LogP contribution is 2.30. The van der Waals surface area contributed by atoms with Crippen molar-refractivity contribution >= 4 is 59.1 Å². The van der Waals surface area contributed by atoms with Crippen LogP contribution in [0, 0.1) is 6.92 Å². The third-order valence-electron chi connectivity index (χ3n) is 6.54. The Labute approximate surface area is 241 Å². The third-order valence-corrected chi connectivity index (χ3v) is 8.94. The quantitative estimate of drug-likeness (QED) is 0.196. The summed E-state index contributed by atoms with van der Waals surface area (Å²) in [4.78, 5) is 17.5. The molecule has 2 N–H and O–H groups in total. The van der Waals surface area contributed by atoms with E-state index in [1.807, 2.05) is 67.6 Å². The Hall–Kier alpha value is -4.73. The first-order valence-electron chi connectivity index (χ1n) is 12.8. The van der Waals surface area contributed by atoms with Crippen LogP contribution in [0.1, 0.15) is 21.5 Å². The molecule has 0 aliphatic rings. The number of nitrogens with zero attached hydrogens (tertiary/aromatic N) is 1. The fraction of sp³-hybridized carbons (Fsp3) is 0.0625. The van der Waals surface area contributed by atoms with Gasteiger partial charge in [-0.2, -0.15) is 0 Å². The number of ether oxygens (including phenoxy) is 1. The summed E-state index contributed by atoms with van der Waals surface area (Å²) in [6, 6.07) is 33.0. The van der Waals surface area contributed by atoms with E-state index in [0.717, 1.165) is 16.3 Å². The van der Waals surface area contributed by atoms with Crippen LogP contribution in [0.15, 0.2) is 114 Å². The first-order valence-corrected chi connectivity index (χ1v) is 15.1. The number of carbonyl (C=O) groups excluding carboxylic acids is 1. The van der Waals surface area contributed by atoms with E-state index < -0.39 is 10.0 Å². The van der Waals surface area contributed by atoms with E-state index in [1.54, 1.807) is 48.5 Å². The number of rotatable bonds is 8. The largest absolute Gasteiger partial charge is 0.489 e. The molecule has 0 saturated heterocycles. The lowest BCUT2D eigenvalue weighted by atomic mass is 10.1. The van der Waals surface area contributed by atoms with Gasteiger partial charge < -0.3 is 10.1 Å². The number of aromatic nitrogens is 1. The second kappa shape index (κ2) is 11.0. The Kier molecular flexibility index (Phi) is 7.13. The molecule has 41 heavy (non-hydrogen) atoms. The maximum atomic E-state index is 13.0. The molecule has 0 bridgehead atoms. The molecule has 6 aromatic rings. The average Bonchev–Trinajstić information content (AvgIpc) is 3.38. The van der Waals surface area contributed by atoms with Gasteiger partial charge in [-0.05, 0) is 77.9 Å². The number of thiazole rings is 1. The summed E-state index contributed by atoms with van der Waals surface area (Å²) in [5.74, 6) is 0.417. The number of aryl methyl sites for hydroxylation is 1. The maximum absolute atomic E-state index is 13.0. The van der Waals surface area contributed by atoms with Crippen LogP contribution in [0.4, 0.5) is 10.8 Å². The highest BCUT2D eigenvalue weighted by atomic mass is 32.2. The van der Waals surface area contributed by atoms with Gasteiger partial charge in [0, 0.05) is 11.3 Å². The van der Waals surface area contributed by atoms with Crippen LogP contribution in [0.5, 0.6) is 5.75 Å². The van der Waals surface area contributed by atoms with Gasteiger partial charge in [-0.25, -0.2) is 13.4 Å². The SMILES string of the molecule is Cc1ccc(COc2ccc(NC(=O)c3ccc4nc(NS(=O)(=O)c5ccc6ccccc6c5)sc4c3)cc2)cc1. The van der Waals surface area contributed by atoms with Gasteiger partial charge in [-0.3, -0.25) is 9.52 Å².